The third kappa shape index (κ3) is 8.53. The first kappa shape index (κ1) is 38.9. The van der Waals surface area contributed by atoms with Crippen molar-refractivity contribution in [3.05, 3.63) is 77.0 Å². The van der Waals surface area contributed by atoms with Crippen LogP contribution in [0.4, 0.5) is 11.4 Å². The van der Waals surface area contributed by atoms with Crippen molar-refractivity contribution >= 4 is 49.2 Å². The summed E-state index contributed by atoms with van der Waals surface area (Å²) < 4.78 is 67.7. The van der Waals surface area contributed by atoms with E-state index in [1.165, 1.54) is 12.1 Å². The smallest absolute Gasteiger partial charge is 0.303 e. The second-order valence-corrected chi connectivity index (χ2v) is 16.8. The largest absolute Gasteiger partial charge is 0.481 e. The second-order valence-electron chi connectivity index (χ2n) is 13.8. The fraction of sp³-hybridized carbons (Fsp3) is 0.472. The average Bonchev–Trinajstić information content (AvgIpc) is 3.36. The first-order chi connectivity index (χ1) is 23.3. The lowest BCUT2D eigenvalue weighted by molar-refractivity contribution is -0.438. The lowest BCUT2D eigenvalue weighted by atomic mass is 9.78. The molecule has 1 amide bonds. The second kappa shape index (κ2) is 15.2. The van der Waals surface area contributed by atoms with Crippen LogP contribution in [0.3, 0.4) is 0 Å². The molecule has 2 aromatic carbocycles. The number of carbonyl (C=O) groups is 2. The highest BCUT2D eigenvalue weighted by Gasteiger charge is 2.47. The summed E-state index contributed by atoms with van der Waals surface area (Å²) >= 11 is 0. The minimum Gasteiger partial charge on any atom is -0.481 e. The number of nitrogens with zero attached hydrogens (tertiary/aromatic N) is 2. The molecule has 0 bridgehead atoms. The van der Waals surface area contributed by atoms with Crippen LogP contribution in [0.2, 0.25) is 0 Å². The SMILES string of the molecule is CCCC[N+]1=C(/C=C/C=C2/N(CCCCCC(=O)O)c3ccc(S(=O)(=O)O)cc3C2(C)C)C(C)(C)c2c(C(=O)NCCS(=O)(=O)O)cccc21. The first-order valence-electron chi connectivity index (χ1n) is 16.8. The predicted molar refractivity (Wildman–Crippen MR) is 193 cm³/mol. The van der Waals surface area contributed by atoms with Gasteiger partial charge in [0.2, 0.25) is 5.69 Å². The fourth-order valence-corrected chi connectivity index (χ4v) is 7.83. The van der Waals surface area contributed by atoms with Crippen LogP contribution in [-0.2, 0) is 35.9 Å². The summed E-state index contributed by atoms with van der Waals surface area (Å²) in [7, 11) is -8.66. The number of anilines is 1. The zero-order valence-electron chi connectivity index (χ0n) is 29.3. The number of carboxylic acids is 1. The Morgan fingerprint density at radius 2 is 1.68 bits per heavy atom. The number of benzene rings is 2. The first-order valence-corrected chi connectivity index (χ1v) is 19.9. The molecule has 2 aromatic rings. The minimum absolute atomic E-state index is 0.0878. The number of aliphatic carboxylic acids is 1. The van der Waals surface area contributed by atoms with Gasteiger partial charge in [-0.25, -0.2) is 0 Å². The van der Waals surface area contributed by atoms with E-state index in [0.717, 1.165) is 46.8 Å². The Labute approximate surface area is 295 Å². The minimum atomic E-state index is -4.43. The van der Waals surface area contributed by atoms with Crippen molar-refractivity contribution in [3.63, 3.8) is 0 Å². The number of unbranched alkanes of at least 4 members (excludes halogenated alkanes) is 3. The number of carbonyl (C=O) groups excluding carboxylic acids is 1. The monoisotopic (exact) mass is 730 g/mol. The number of fused-ring (bicyclic) bond motifs is 2. The van der Waals surface area contributed by atoms with E-state index in [1.807, 2.05) is 52.0 Å². The van der Waals surface area contributed by atoms with Gasteiger partial charge in [0, 0.05) is 54.9 Å². The van der Waals surface area contributed by atoms with Gasteiger partial charge in [0.25, 0.3) is 26.1 Å². The van der Waals surface area contributed by atoms with Crippen LogP contribution in [-0.4, -0.2) is 78.6 Å². The van der Waals surface area contributed by atoms with Gasteiger partial charge in [-0.2, -0.15) is 21.4 Å². The zero-order valence-corrected chi connectivity index (χ0v) is 30.9. The summed E-state index contributed by atoms with van der Waals surface area (Å²) in [5, 5.41) is 11.7. The number of allylic oxidation sites excluding steroid dienone is 4. The van der Waals surface area contributed by atoms with E-state index in [4.69, 9.17) is 9.66 Å². The average molecular weight is 731 g/mol. The van der Waals surface area contributed by atoms with Crippen LogP contribution in [0.1, 0.15) is 94.6 Å². The highest BCUT2D eigenvalue weighted by molar-refractivity contribution is 7.86. The molecule has 0 unspecified atom stereocenters. The number of carboxylic acid groups (broad SMARTS) is 1. The van der Waals surface area contributed by atoms with E-state index in [9.17, 15) is 31.0 Å². The Hall–Kier alpha value is -3.85. The molecule has 0 atom stereocenters. The Morgan fingerprint density at radius 1 is 0.960 bits per heavy atom. The van der Waals surface area contributed by atoms with Crippen molar-refractivity contribution in [2.75, 3.05) is 30.3 Å². The maximum Gasteiger partial charge on any atom is 0.303 e. The molecular formula is C36H48N3O9S2+. The van der Waals surface area contributed by atoms with Crippen molar-refractivity contribution in [3.8, 4) is 0 Å². The maximum absolute atomic E-state index is 13.3. The van der Waals surface area contributed by atoms with Crippen LogP contribution < -0.4 is 10.2 Å². The van der Waals surface area contributed by atoms with E-state index in [0.29, 0.717) is 37.9 Å². The van der Waals surface area contributed by atoms with Gasteiger partial charge in [-0.15, -0.1) is 0 Å². The number of amides is 1. The molecule has 272 valence electrons. The Balaban J connectivity index is 1.74. The molecule has 2 heterocycles. The molecule has 4 N–H and O–H groups in total. The summed E-state index contributed by atoms with van der Waals surface area (Å²) in [5.74, 6) is -1.87. The van der Waals surface area contributed by atoms with Gasteiger partial charge in [0.15, 0.2) is 5.71 Å². The third-order valence-electron chi connectivity index (χ3n) is 9.46. The van der Waals surface area contributed by atoms with Crippen molar-refractivity contribution in [1.29, 1.82) is 0 Å². The highest BCUT2D eigenvalue weighted by Crippen LogP contribution is 2.49. The lowest BCUT2D eigenvalue weighted by Gasteiger charge is -2.27. The normalized spacial score (nSPS) is 17.4. The van der Waals surface area contributed by atoms with E-state index in [2.05, 4.69) is 21.7 Å². The molecule has 50 heavy (non-hydrogen) atoms. The molecule has 0 aliphatic carbocycles. The van der Waals surface area contributed by atoms with Gasteiger partial charge in [0.05, 0.1) is 27.2 Å². The maximum atomic E-state index is 13.3. The molecule has 0 aromatic heterocycles. The summed E-state index contributed by atoms with van der Waals surface area (Å²) in [6.07, 6.45) is 9.87. The number of hydrogen-bond acceptors (Lipinski definition) is 7. The molecule has 2 aliphatic heterocycles. The molecule has 0 radical (unpaired) electrons. The van der Waals surface area contributed by atoms with Gasteiger partial charge in [0.1, 0.15) is 6.54 Å². The molecule has 0 saturated heterocycles. The van der Waals surface area contributed by atoms with Crippen molar-refractivity contribution < 1.29 is 45.2 Å². The van der Waals surface area contributed by atoms with Crippen LogP contribution in [0.5, 0.6) is 0 Å². The number of rotatable bonds is 16. The van der Waals surface area contributed by atoms with Gasteiger partial charge in [-0.3, -0.25) is 18.7 Å². The Morgan fingerprint density at radius 3 is 2.32 bits per heavy atom. The summed E-state index contributed by atoms with van der Waals surface area (Å²) in [5.41, 5.74) is 4.26. The van der Waals surface area contributed by atoms with E-state index in [-0.39, 0.29) is 17.9 Å². The standard InChI is InChI=1S/C36H47N3O9S2/c1-6-7-21-39-29-14-11-13-26(34(42)37-20-23-49(43,44)45)33(29)36(4,5)31(39)16-12-15-30-35(2,3)27-24-25(50(46,47)48)18-19-28(27)38(30)22-10-8-9-17-32(40)41/h11-16,18-19,24H,6-10,17,20-23H2,1-5H3,(H3-,37,40,41,42,43,44,45,46,47,48)/p+1. The quantitative estimate of drug-likeness (QED) is 0.0963. The van der Waals surface area contributed by atoms with Crippen molar-refractivity contribution in [2.24, 2.45) is 0 Å². The van der Waals surface area contributed by atoms with Crippen molar-refractivity contribution in [1.82, 2.24) is 5.32 Å². The molecule has 0 fully saturated rings. The molecule has 14 heteroatoms. The highest BCUT2D eigenvalue weighted by atomic mass is 32.2. The molecule has 2 aliphatic rings. The van der Waals surface area contributed by atoms with Gasteiger partial charge in [-0.05, 0) is 62.6 Å². The molecule has 12 nitrogen and oxygen atoms in total. The Kier molecular flexibility index (Phi) is 11.8. The predicted octanol–water partition coefficient (Wildman–Crippen LogP) is 5.61. The Bertz CT molecular complexity index is 1960. The molecule has 0 spiro atoms. The molecule has 0 saturated carbocycles. The van der Waals surface area contributed by atoms with E-state index < -0.39 is 48.7 Å². The van der Waals surface area contributed by atoms with Crippen LogP contribution in [0.15, 0.2) is 65.2 Å². The zero-order chi connectivity index (χ0) is 37.1. The van der Waals surface area contributed by atoms with E-state index in [1.54, 1.807) is 18.2 Å². The summed E-state index contributed by atoms with van der Waals surface area (Å²) in [4.78, 5) is 26.3. The number of hydrogen-bond donors (Lipinski definition) is 4. The molecule has 4 rings (SSSR count). The number of nitrogens with one attached hydrogen (secondary N) is 1. The van der Waals surface area contributed by atoms with Crippen LogP contribution >= 0.6 is 0 Å². The van der Waals surface area contributed by atoms with Crippen LogP contribution in [0, 0.1) is 0 Å². The van der Waals surface area contributed by atoms with Crippen molar-refractivity contribution in [2.45, 2.75) is 88.9 Å². The summed E-state index contributed by atoms with van der Waals surface area (Å²) in [6, 6.07) is 10.1. The van der Waals surface area contributed by atoms with Gasteiger partial charge in [-0.1, -0.05) is 45.8 Å². The van der Waals surface area contributed by atoms with Gasteiger partial charge < -0.3 is 15.3 Å². The topological polar surface area (TPSA) is 181 Å². The lowest BCUT2D eigenvalue weighted by Crippen LogP contribution is -2.33. The summed E-state index contributed by atoms with van der Waals surface area (Å²) in [6.45, 7) is 11.2. The fourth-order valence-electron chi connectivity index (χ4n) is 6.96. The van der Waals surface area contributed by atoms with Gasteiger partial charge >= 0.3 is 5.97 Å². The van der Waals surface area contributed by atoms with E-state index >= 15 is 0 Å². The third-order valence-corrected chi connectivity index (χ3v) is 11.0. The molecular weight excluding hydrogens is 683 g/mol. The van der Waals surface area contributed by atoms with Crippen LogP contribution in [0.25, 0.3) is 0 Å².